The summed E-state index contributed by atoms with van der Waals surface area (Å²) in [4.78, 5) is 46.1. The van der Waals surface area contributed by atoms with E-state index in [1.54, 1.807) is 0 Å². The molecule has 29 heavy (non-hydrogen) atoms. The van der Waals surface area contributed by atoms with Gasteiger partial charge in [-0.2, -0.15) is 0 Å². The summed E-state index contributed by atoms with van der Waals surface area (Å²) in [5.41, 5.74) is 0. The minimum absolute atomic E-state index is 0.424. The fourth-order valence-electron chi connectivity index (χ4n) is 2.40. The molecule has 1 saturated heterocycles. The summed E-state index contributed by atoms with van der Waals surface area (Å²) in [7, 11) is 0. The molecule has 5 atom stereocenters. The molecule has 14 heteroatoms. The average Bonchev–Trinajstić information content (AvgIpc) is 2.55. The second kappa shape index (κ2) is 11.0. The highest BCUT2D eigenvalue weighted by molar-refractivity contribution is 6.67. The van der Waals surface area contributed by atoms with Crippen molar-refractivity contribution in [2.45, 2.75) is 55.2 Å². The van der Waals surface area contributed by atoms with Gasteiger partial charge in [0.15, 0.2) is 18.5 Å². The van der Waals surface area contributed by atoms with Crippen molar-refractivity contribution in [2.24, 2.45) is 0 Å². The molecule has 1 rings (SSSR count). The van der Waals surface area contributed by atoms with Crippen LogP contribution in [-0.4, -0.2) is 76.8 Å². The second-order valence-electron chi connectivity index (χ2n) is 5.88. The van der Waals surface area contributed by atoms with Crippen LogP contribution >= 0.6 is 34.8 Å². The highest BCUT2D eigenvalue weighted by Gasteiger charge is 2.50. The van der Waals surface area contributed by atoms with E-state index in [4.69, 9.17) is 58.5 Å². The molecule has 0 spiro atoms. The van der Waals surface area contributed by atoms with Crippen molar-refractivity contribution in [3.05, 3.63) is 0 Å². The molecule has 0 bridgehead atoms. The van der Waals surface area contributed by atoms with Crippen molar-refractivity contribution in [3.8, 4) is 0 Å². The predicted octanol–water partition coefficient (Wildman–Crippen LogP) is 0.595. The Morgan fingerprint density at radius 2 is 1.52 bits per heavy atom. The van der Waals surface area contributed by atoms with E-state index in [0.717, 1.165) is 20.8 Å². The van der Waals surface area contributed by atoms with E-state index >= 15 is 0 Å². The summed E-state index contributed by atoms with van der Waals surface area (Å²) in [6.45, 7) is 2.23. The molecule has 1 heterocycles. The van der Waals surface area contributed by atoms with Gasteiger partial charge < -0.3 is 34.1 Å². The summed E-state index contributed by atoms with van der Waals surface area (Å²) in [6.07, 6.45) is -6.84. The summed E-state index contributed by atoms with van der Waals surface area (Å²) < 4.78 is 23.2. The van der Waals surface area contributed by atoms with Crippen molar-refractivity contribution in [3.63, 3.8) is 0 Å². The molecule has 1 amide bonds. The number of alkyl carbamates (subject to hydrolysis) is 1. The first-order chi connectivity index (χ1) is 13.3. The second-order valence-corrected chi connectivity index (χ2v) is 8.39. The Labute approximate surface area is 180 Å². The number of carbonyl (C=O) groups excluding carboxylic acids is 4. The van der Waals surface area contributed by atoms with Gasteiger partial charge >= 0.3 is 24.0 Å². The zero-order chi connectivity index (χ0) is 22.4. The minimum atomic E-state index is -1.89. The molecule has 0 aromatic rings. The molecule has 166 valence electrons. The third-order valence-electron chi connectivity index (χ3n) is 3.37. The maximum atomic E-state index is 12.0. The van der Waals surface area contributed by atoms with Gasteiger partial charge in [0, 0.05) is 20.8 Å². The zero-order valence-corrected chi connectivity index (χ0v) is 17.8. The average molecular weight is 481 g/mol. The van der Waals surface area contributed by atoms with E-state index in [0.29, 0.717) is 0 Å². The normalized spacial score (nSPS) is 26.8. The monoisotopic (exact) mass is 479 g/mol. The summed E-state index contributed by atoms with van der Waals surface area (Å²) in [5.74, 6) is -2.25. The number of esters is 3. The van der Waals surface area contributed by atoms with Crippen LogP contribution in [0, 0.1) is 0 Å². The van der Waals surface area contributed by atoms with E-state index in [-0.39, 0.29) is 0 Å². The van der Waals surface area contributed by atoms with E-state index < -0.39 is 71.7 Å². The number of aliphatic hydroxyl groups is 1. The lowest BCUT2D eigenvalue weighted by atomic mass is 9.96. The van der Waals surface area contributed by atoms with Gasteiger partial charge in [0.25, 0.3) is 0 Å². The number of ether oxygens (including phenoxy) is 5. The molecule has 0 saturated carbocycles. The maximum Gasteiger partial charge on any atom is 0.407 e. The summed E-state index contributed by atoms with van der Waals surface area (Å²) >= 11 is 16.5. The Bertz CT molecular complexity index is 626. The highest BCUT2D eigenvalue weighted by atomic mass is 35.6. The van der Waals surface area contributed by atoms with Crippen LogP contribution in [0.5, 0.6) is 0 Å². The fourth-order valence-corrected chi connectivity index (χ4v) is 2.56. The quantitative estimate of drug-likeness (QED) is 0.314. The number of nitrogens with one attached hydrogen (secondary N) is 1. The van der Waals surface area contributed by atoms with E-state index in [1.165, 1.54) is 0 Å². The van der Waals surface area contributed by atoms with Crippen molar-refractivity contribution < 1.29 is 48.0 Å². The number of hydrogen-bond donors (Lipinski definition) is 2. The molecule has 5 unspecified atom stereocenters. The first-order valence-electron chi connectivity index (χ1n) is 8.11. The van der Waals surface area contributed by atoms with Crippen LogP contribution in [0.2, 0.25) is 0 Å². The van der Waals surface area contributed by atoms with Crippen LogP contribution in [0.3, 0.4) is 0 Å². The molecular formula is C15H20Cl3NO10. The van der Waals surface area contributed by atoms with Crippen molar-refractivity contribution in [1.29, 1.82) is 0 Å². The smallest absolute Gasteiger partial charge is 0.407 e. The first kappa shape index (κ1) is 25.5. The Morgan fingerprint density at radius 1 is 0.966 bits per heavy atom. The third-order valence-corrected chi connectivity index (χ3v) is 3.70. The van der Waals surface area contributed by atoms with Crippen LogP contribution in [-0.2, 0) is 38.1 Å². The number of rotatable bonds is 6. The molecule has 1 aliphatic rings. The number of aliphatic hydroxyl groups excluding tert-OH is 1. The SMILES string of the molecule is CC(=O)OCC1OC(O)C(NC(=O)OCC(Cl)(Cl)Cl)C(OC(C)=O)C1OC(C)=O. The fraction of sp³-hybridized carbons (Fsp3) is 0.733. The lowest BCUT2D eigenvalue weighted by Gasteiger charge is -2.43. The minimum Gasteiger partial charge on any atom is -0.463 e. The largest absolute Gasteiger partial charge is 0.463 e. The third kappa shape index (κ3) is 9.22. The number of amides is 1. The molecule has 0 radical (unpaired) electrons. The molecule has 2 N–H and O–H groups in total. The predicted molar refractivity (Wildman–Crippen MR) is 97.2 cm³/mol. The Balaban J connectivity index is 3.06. The van der Waals surface area contributed by atoms with E-state index in [1.807, 2.05) is 0 Å². The lowest BCUT2D eigenvalue weighted by Crippen LogP contribution is -2.66. The molecule has 1 fully saturated rings. The molecule has 1 aliphatic heterocycles. The molecule has 0 aromatic carbocycles. The van der Waals surface area contributed by atoms with Crippen molar-refractivity contribution in [2.75, 3.05) is 13.2 Å². The maximum absolute atomic E-state index is 12.0. The number of carbonyl (C=O) groups is 4. The zero-order valence-electron chi connectivity index (χ0n) is 15.6. The van der Waals surface area contributed by atoms with Gasteiger partial charge in [0.05, 0.1) is 0 Å². The number of hydrogen-bond acceptors (Lipinski definition) is 10. The van der Waals surface area contributed by atoms with Gasteiger partial charge in [-0.3, -0.25) is 14.4 Å². The van der Waals surface area contributed by atoms with Gasteiger partial charge in [-0.25, -0.2) is 4.79 Å². The van der Waals surface area contributed by atoms with Crippen LogP contribution in [0.15, 0.2) is 0 Å². The Kier molecular flexibility index (Phi) is 9.69. The molecule has 0 aromatic heterocycles. The van der Waals surface area contributed by atoms with Crippen LogP contribution in [0.25, 0.3) is 0 Å². The van der Waals surface area contributed by atoms with Gasteiger partial charge in [-0.1, -0.05) is 34.8 Å². The Hall–Kier alpha value is -1.53. The Morgan fingerprint density at radius 3 is 2.00 bits per heavy atom. The van der Waals surface area contributed by atoms with Gasteiger partial charge in [0.2, 0.25) is 3.79 Å². The first-order valence-corrected chi connectivity index (χ1v) is 9.25. The standard InChI is InChI=1S/C15H20Cl3NO10/c1-6(20)25-4-9-11(27-7(2)21)12(28-8(3)22)10(13(23)29-9)19-14(24)26-5-15(16,17)18/h9-13,23H,4-5H2,1-3H3,(H,19,24). The molecular weight excluding hydrogens is 461 g/mol. The summed E-state index contributed by atoms with van der Waals surface area (Å²) in [5, 5.41) is 12.5. The van der Waals surface area contributed by atoms with E-state index in [9.17, 15) is 24.3 Å². The van der Waals surface area contributed by atoms with E-state index in [2.05, 4.69) is 5.32 Å². The molecule has 0 aliphatic carbocycles. The van der Waals surface area contributed by atoms with Crippen LogP contribution in [0.4, 0.5) is 4.79 Å². The van der Waals surface area contributed by atoms with Crippen LogP contribution in [0.1, 0.15) is 20.8 Å². The number of halogens is 3. The van der Waals surface area contributed by atoms with Crippen molar-refractivity contribution >= 4 is 58.8 Å². The highest BCUT2D eigenvalue weighted by Crippen LogP contribution is 2.27. The lowest BCUT2D eigenvalue weighted by molar-refractivity contribution is -0.264. The van der Waals surface area contributed by atoms with Crippen molar-refractivity contribution in [1.82, 2.24) is 5.32 Å². The molecule has 11 nitrogen and oxygen atoms in total. The summed E-state index contributed by atoms with van der Waals surface area (Å²) in [6, 6.07) is -1.43. The number of alkyl halides is 3. The van der Waals surface area contributed by atoms with Gasteiger partial charge in [-0.05, 0) is 0 Å². The van der Waals surface area contributed by atoms with Gasteiger partial charge in [-0.15, -0.1) is 0 Å². The van der Waals surface area contributed by atoms with Crippen LogP contribution < -0.4 is 5.32 Å². The topological polar surface area (TPSA) is 147 Å². The van der Waals surface area contributed by atoms with Gasteiger partial charge in [0.1, 0.15) is 25.4 Å².